The first kappa shape index (κ1) is 30.5. The van der Waals surface area contributed by atoms with Gasteiger partial charge in [-0.1, -0.05) is 17.9 Å². The van der Waals surface area contributed by atoms with E-state index in [2.05, 4.69) is 20.4 Å². The molecule has 1 atom stereocenters. The van der Waals surface area contributed by atoms with Crippen molar-refractivity contribution in [2.75, 3.05) is 4.90 Å². The van der Waals surface area contributed by atoms with Gasteiger partial charge in [-0.2, -0.15) is 44.3 Å². The second-order valence-corrected chi connectivity index (χ2v) is 10.2. The third-order valence-corrected chi connectivity index (χ3v) is 7.30. The maximum Gasteiger partial charge on any atom is 0.417 e. The molecule has 41 heavy (non-hydrogen) atoms. The standard InChI is InChI=1S/C25H26F9N7/c1-14(35)22(5-3-4-6-22)20-16(9-19(11-36-20)25(32,33)34)13-41(21-37-39-40(2)38-21)12-15-7-17(23(26,27)28)10-18(8-15)24(29,30)31/h7-11,14H,3-6,12-13,35H2,1-2H3. The molecule has 1 fully saturated rings. The molecule has 224 valence electrons. The Labute approximate surface area is 228 Å². The topological polar surface area (TPSA) is 85.8 Å². The lowest BCUT2D eigenvalue weighted by Crippen LogP contribution is -2.43. The van der Waals surface area contributed by atoms with E-state index in [4.69, 9.17) is 5.73 Å². The smallest absolute Gasteiger partial charge is 0.329 e. The Morgan fingerprint density at radius 3 is 1.90 bits per heavy atom. The predicted octanol–water partition coefficient (Wildman–Crippen LogP) is 6.03. The molecule has 0 spiro atoms. The monoisotopic (exact) mass is 595 g/mol. The molecule has 2 heterocycles. The highest BCUT2D eigenvalue weighted by Gasteiger charge is 2.43. The Morgan fingerprint density at radius 2 is 1.44 bits per heavy atom. The van der Waals surface area contributed by atoms with Crippen molar-refractivity contribution in [3.8, 4) is 0 Å². The molecular formula is C25H26F9N7. The quantitative estimate of drug-likeness (QED) is 0.336. The van der Waals surface area contributed by atoms with Crippen molar-refractivity contribution in [3.63, 3.8) is 0 Å². The normalized spacial score (nSPS) is 16.7. The zero-order valence-corrected chi connectivity index (χ0v) is 21.9. The molecule has 2 N–H and O–H groups in total. The van der Waals surface area contributed by atoms with Gasteiger partial charge in [0, 0.05) is 30.7 Å². The number of benzene rings is 1. The highest BCUT2D eigenvalue weighted by Crippen LogP contribution is 2.45. The van der Waals surface area contributed by atoms with Crippen LogP contribution in [0, 0.1) is 0 Å². The van der Waals surface area contributed by atoms with Crippen LogP contribution in [0.4, 0.5) is 45.5 Å². The third-order valence-electron chi connectivity index (χ3n) is 7.30. The fraction of sp³-hybridized carbons (Fsp3) is 0.520. The first-order valence-electron chi connectivity index (χ1n) is 12.5. The van der Waals surface area contributed by atoms with Gasteiger partial charge in [0.05, 0.1) is 29.4 Å². The second kappa shape index (κ2) is 10.8. The van der Waals surface area contributed by atoms with Crippen LogP contribution in [0.5, 0.6) is 0 Å². The molecule has 2 aromatic heterocycles. The number of aryl methyl sites for hydroxylation is 1. The Bertz CT molecular complexity index is 1340. The van der Waals surface area contributed by atoms with Crippen molar-refractivity contribution >= 4 is 5.95 Å². The van der Waals surface area contributed by atoms with Crippen LogP contribution in [-0.4, -0.2) is 31.2 Å². The van der Waals surface area contributed by atoms with E-state index in [1.165, 1.54) is 7.05 Å². The number of tetrazole rings is 1. The minimum absolute atomic E-state index is 0.00424. The van der Waals surface area contributed by atoms with Gasteiger partial charge in [0.25, 0.3) is 5.95 Å². The fourth-order valence-electron chi connectivity index (χ4n) is 5.28. The van der Waals surface area contributed by atoms with Crippen molar-refractivity contribution in [2.45, 2.75) is 75.7 Å². The van der Waals surface area contributed by atoms with E-state index in [0.717, 1.165) is 28.6 Å². The summed E-state index contributed by atoms with van der Waals surface area (Å²) in [7, 11) is 1.38. The van der Waals surface area contributed by atoms with E-state index in [0.29, 0.717) is 31.2 Å². The van der Waals surface area contributed by atoms with Gasteiger partial charge < -0.3 is 10.6 Å². The van der Waals surface area contributed by atoms with Gasteiger partial charge in [-0.05, 0) is 60.4 Å². The van der Waals surface area contributed by atoms with E-state index < -0.39 is 65.3 Å². The fourth-order valence-corrected chi connectivity index (χ4v) is 5.28. The van der Waals surface area contributed by atoms with Crippen molar-refractivity contribution in [3.05, 3.63) is 64.0 Å². The number of hydrogen-bond acceptors (Lipinski definition) is 6. The minimum atomic E-state index is -5.09. The second-order valence-electron chi connectivity index (χ2n) is 10.2. The largest absolute Gasteiger partial charge is 0.417 e. The SMILES string of the molecule is CC(N)C1(c2ncc(C(F)(F)F)cc2CN(Cc2cc(C(F)(F)F)cc(C(F)(F)F)c2)c2nnn(C)n2)CCCC1. The molecule has 1 unspecified atom stereocenters. The summed E-state index contributed by atoms with van der Waals surface area (Å²) in [5, 5.41) is 11.5. The lowest BCUT2D eigenvalue weighted by Gasteiger charge is -2.35. The van der Waals surface area contributed by atoms with Crippen molar-refractivity contribution in [2.24, 2.45) is 12.8 Å². The molecule has 16 heteroatoms. The molecule has 0 aliphatic heterocycles. The zero-order chi connectivity index (χ0) is 30.4. The number of alkyl halides is 9. The summed E-state index contributed by atoms with van der Waals surface area (Å²) in [6, 6.07) is 1.46. The molecule has 0 radical (unpaired) electrons. The Hall–Kier alpha value is -3.43. The molecule has 0 saturated heterocycles. The molecular weight excluding hydrogens is 569 g/mol. The maximum atomic E-state index is 13.7. The van der Waals surface area contributed by atoms with E-state index in [1.807, 2.05) is 0 Å². The van der Waals surface area contributed by atoms with Crippen LogP contribution in [0.25, 0.3) is 0 Å². The Morgan fingerprint density at radius 1 is 0.878 bits per heavy atom. The Balaban J connectivity index is 1.85. The van der Waals surface area contributed by atoms with Crippen LogP contribution in [-0.2, 0) is 44.1 Å². The lowest BCUT2D eigenvalue weighted by molar-refractivity contribution is -0.143. The average Bonchev–Trinajstić information content (AvgIpc) is 3.52. The van der Waals surface area contributed by atoms with Gasteiger partial charge in [-0.3, -0.25) is 4.98 Å². The van der Waals surface area contributed by atoms with Gasteiger partial charge in [0.15, 0.2) is 0 Å². The molecule has 0 bridgehead atoms. The zero-order valence-electron chi connectivity index (χ0n) is 21.9. The molecule has 3 aromatic rings. The summed E-state index contributed by atoms with van der Waals surface area (Å²) in [6.07, 6.45) is -11.6. The van der Waals surface area contributed by atoms with Crippen molar-refractivity contribution in [1.82, 2.24) is 25.2 Å². The average molecular weight is 596 g/mol. The minimum Gasteiger partial charge on any atom is -0.329 e. The van der Waals surface area contributed by atoms with Crippen molar-refractivity contribution < 1.29 is 39.5 Å². The Kier molecular flexibility index (Phi) is 8.01. The van der Waals surface area contributed by atoms with E-state index in [9.17, 15) is 39.5 Å². The van der Waals surface area contributed by atoms with E-state index in [1.54, 1.807) is 6.92 Å². The number of halogens is 9. The summed E-state index contributed by atoms with van der Waals surface area (Å²) in [4.78, 5) is 6.35. The van der Waals surface area contributed by atoms with Gasteiger partial charge in [-0.25, -0.2) is 0 Å². The number of hydrogen-bond donors (Lipinski definition) is 1. The number of nitrogens with zero attached hydrogens (tertiary/aromatic N) is 6. The molecule has 7 nitrogen and oxygen atoms in total. The molecule has 1 aromatic carbocycles. The number of pyridine rings is 1. The maximum absolute atomic E-state index is 13.7. The summed E-state index contributed by atoms with van der Waals surface area (Å²) >= 11 is 0. The number of aromatic nitrogens is 5. The molecule has 1 aliphatic carbocycles. The first-order chi connectivity index (χ1) is 18.9. The van der Waals surface area contributed by atoms with Crippen LogP contribution in [0.1, 0.15) is 66.1 Å². The van der Waals surface area contributed by atoms with Gasteiger partial charge in [0.1, 0.15) is 0 Å². The van der Waals surface area contributed by atoms with Crippen LogP contribution >= 0.6 is 0 Å². The summed E-state index contributed by atoms with van der Waals surface area (Å²) in [5.74, 6) is -0.219. The number of rotatable bonds is 7. The highest BCUT2D eigenvalue weighted by molar-refractivity contribution is 5.41. The molecule has 1 aliphatic rings. The van der Waals surface area contributed by atoms with Crippen LogP contribution in [0.15, 0.2) is 30.5 Å². The van der Waals surface area contributed by atoms with E-state index in [-0.39, 0.29) is 23.3 Å². The summed E-state index contributed by atoms with van der Waals surface area (Å²) < 4.78 is 122. The predicted molar refractivity (Wildman–Crippen MR) is 128 cm³/mol. The van der Waals surface area contributed by atoms with Crippen LogP contribution in [0.3, 0.4) is 0 Å². The highest BCUT2D eigenvalue weighted by atomic mass is 19.4. The van der Waals surface area contributed by atoms with Gasteiger partial charge >= 0.3 is 18.5 Å². The summed E-state index contributed by atoms with van der Waals surface area (Å²) in [5.41, 5.74) is 1.33. The molecule has 0 amide bonds. The molecule has 4 rings (SSSR count). The molecule has 1 saturated carbocycles. The number of nitrogens with two attached hydrogens (primary N) is 1. The van der Waals surface area contributed by atoms with E-state index >= 15 is 0 Å². The third kappa shape index (κ3) is 6.57. The summed E-state index contributed by atoms with van der Waals surface area (Å²) in [6.45, 7) is 0.682. The van der Waals surface area contributed by atoms with Gasteiger partial charge in [0.2, 0.25) is 0 Å². The first-order valence-corrected chi connectivity index (χ1v) is 12.5. The van der Waals surface area contributed by atoms with Gasteiger partial charge in [-0.15, -0.1) is 5.10 Å². The van der Waals surface area contributed by atoms with Crippen LogP contribution in [0.2, 0.25) is 0 Å². The van der Waals surface area contributed by atoms with Crippen LogP contribution < -0.4 is 10.6 Å². The number of anilines is 1. The lowest BCUT2D eigenvalue weighted by atomic mass is 9.74. The van der Waals surface area contributed by atoms with Crippen molar-refractivity contribution in [1.29, 1.82) is 0 Å².